The Hall–Kier alpha value is -4.10. The largest absolute Gasteiger partial charge is 0.443 e. The van der Waals surface area contributed by atoms with Crippen molar-refractivity contribution in [1.29, 1.82) is 0 Å². The Balaban J connectivity index is 1.49. The highest BCUT2D eigenvalue weighted by Gasteiger charge is 2.55. The number of halogens is 1. The number of carbonyl (C=O) groups excluding carboxylic acids is 1. The van der Waals surface area contributed by atoms with Crippen molar-refractivity contribution in [2.75, 3.05) is 29.9 Å². The van der Waals surface area contributed by atoms with E-state index in [4.69, 9.17) is 20.2 Å². The molecule has 42 heavy (non-hydrogen) atoms. The molecule has 12 nitrogen and oxygen atoms in total. The van der Waals surface area contributed by atoms with Gasteiger partial charge in [-0.2, -0.15) is 9.97 Å². The maximum absolute atomic E-state index is 15.2. The molecule has 3 aromatic heterocycles. The Labute approximate surface area is 242 Å². The van der Waals surface area contributed by atoms with Gasteiger partial charge in [-0.05, 0) is 57.6 Å². The lowest BCUT2D eigenvalue weighted by Crippen LogP contribution is -2.53. The number of fused-ring (bicyclic) bond motifs is 4. The summed E-state index contributed by atoms with van der Waals surface area (Å²) >= 11 is 0. The van der Waals surface area contributed by atoms with Crippen LogP contribution in [0.4, 0.5) is 20.7 Å². The van der Waals surface area contributed by atoms with Crippen LogP contribution in [0.2, 0.25) is 0 Å². The third-order valence-corrected chi connectivity index (χ3v) is 8.11. The number of aliphatic hydroxyl groups excluding tert-OH is 1. The predicted octanol–water partition coefficient (Wildman–Crippen LogP) is 4.43. The Morgan fingerprint density at radius 3 is 2.62 bits per heavy atom. The summed E-state index contributed by atoms with van der Waals surface area (Å²) < 4.78 is 26.7. The number of H-pyrrole nitrogens is 1. The number of benzene rings is 1. The lowest BCUT2D eigenvalue weighted by Gasteiger charge is -2.46. The number of carbonyl (C=O) groups is 1. The minimum atomic E-state index is -0.823. The average Bonchev–Trinajstić information content (AvgIpc) is 3.40. The van der Waals surface area contributed by atoms with Crippen molar-refractivity contribution in [1.82, 2.24) is 24.9 Å². The fourth-order valence-corrected chi connectivity index (χ4v) is 6.10. The summed E-state index contributed by atoms with van der Waals surface area (Å²) in [5.74, 6) is 0.889. The Kier molecular flexibility index (Phi) is 6.50. The van der Waals surface area contributed by atoms with Crippen LogP contribution in [0.15, 0.2) is 24.5 Å². The van der Waals surface area contributed by atoms with Gasteiger partial charge in [-0.15, -0.1) is 0 Å². The third kappa shape index (κ3) is 4.86. The maximum atomic E-state index is 15.2. The Bertz CT molecular complexity index is 1690. The van der Waals surface area contributed by atoms with Gasteiger partial charge >= 0.3 is 12.1 Å². The molecule has 1 aliphatic heterocycles. The van der Waals surface area contributed by atoms with E-state index in [2.05, 4.69) is 31.8 Å². The number of hydrogen-bond donors (Lipinski definition) is 3. The number of aromatic nitrogens is 5. The Morgan fingerprint density at radius 2 is 2.00 bits per heavy atom. The molecule has 1 saturated heterocycles. The van der Waals surface area contributed by atoms with Crippen LogP contribution in [0.3, 0.4) is 0 Å². The lowest BCUT2D eigenvalue weighted by atomic mass is 9.60. The molecular formula is C29H35FN8O4. The number of nitrogens with two attached hydrogens (primary N) is 1. The molecule has 222 valence electrons. The van der Waals surface area contributed by atoms with Crippen molar-refractivity contribution in [3.8, 4) is 11.8 Å². The highest BCUT2D eigenvalue weighted by Crippen LogP contribution is 2.52. The molecule has 1 aliphatic carbocycles. The molecule has 1 aromatic carbocycles. The normalized spacial score (nSPS) is 22.6. The number of nitrogens with one attached hydrogen (secondary N) is 1. The molecule has 2 aliphatic rings. The van der Waals surface area contributed by atoms with E-state index >= 15 is 4.39 Å². The fourth-order valence-electron chi connectivity index (χ4n) is 6.10. The number of anilines is 2. The second-order valence-electron chi connectivity index (χ2n) is 12.6. The van der Waals surface area contributed by atoms with E-state index in [1.165, 1.54) is 36.5 Å². The standard InChI is InChI=1S/C29H35FN8O4/c1-14(39)23-32-10-16(11-33-23)41-26-35-24-21(25(36-26)38-12-18-19(31)9-29(18,5)13-38)17-7-15(30)8-20(22(17)34-24)37(6)27(40)42-28(2,3)4/h7-8,10-11,14,18-19,39H,9,12-13,31H2,1-6H3,(H,34,35,36). The first-order valence-electron chi connectivity index (χ1n) is 13.9. The number of nitrogens with zero attached hydrogens (tertiary/aromatic N) is 6. The number of rotatable bonds is 5. The zero-order chi connectivity index (χ0) is 30.1. The summed E-state index contributed by atoms with van der Waals surface area (Å²) in [6, 6.07) is 2.83. The number of amides is 1. The summed E-state index contributed by atoms with van der Waals surface area (Å²) in [4.78, 5) is 37.3. The molecule has 4 unspecified atom stereocenters. The van der Waals surface area contributed by atoms with E-state index < -0.39 is 23.6 Å². The summed E-state index contributed by atoms with van der Waals surface area (Å²) in [5, 5.41) is 10.9. The van der Waals surface area contributed by atoms with Crippen molar-refractivity contribution in [3.63, 3.8) is 0 Å². The minimum absolute atomic E-state index is 0.0358. The van der Waals surface area contributed by atoms with Crippen LogP contribution in [0, 0.1) is 17.2 Å². The van der Waals surface area contributed by atoms with Gasteiger partial charge in [0.15, 0.2) is 11.6 Å². The number of ether oxygens (including phenoxy) is 2. The van der Waals surface area contributed by atoms with E-state index in [1.54, 1.807) is 27.7 Å². The molecule has 4 heterocycles. The van der Waals surface area contributed by atoms with Crippen LogP contribution in [-0.4, -0.2) is 67.9 Å². The quantitative estimate of drug-likeness (QED) is 0.310. The summed E-state index contributed by atoms with van der Waals surface area (Å²) in [6.45, 7) is 10.5. The van der Waals surface area contributed by atoms with Crippen molar-refractivity contribution >= 4 is 39.5 Å². The molecule has 2 fully saturated rings. The van der Waals surface area contributed by atoms with Crippen molar-refractivity contribution < 1.29 is 23.8 Å². The molecule has 1 amide bonds. The number of hydrogen-bond acceptors (Lipinski definition) is 10. The summed E-state index contributed by atoms with van der Waals surface area (Å²) in [5.41, 5.74) is 6.88. The Morgan fingerprint density at radius 1 is 1.29 bits per heavy atom. The van der Waals surface area contributed by atoms with Crippen LogP contribution in [0.5, 0.6) is 11.8 Å². The van der Waals surface area contributed by atoms with Gasteiger partial charge < -0.3 is 30.2 Å². The lowest BCUT2D eigenvalue weighted by molar-refractivity contribution is 0.0589. The van der Waals surface area contributed by atoms with Crippen LogP contribution in [0.25, 0.3) is 21.9 Å². The van der Waals surface area contributed by atoms with E-state index in [0.717, 1.165) is 13.0 Å². The molecule has 0 spiro atoms. The highest BCUT2D eigenvalue weighted by molar-refractivity contribution is 6.16. The van der Waals surface area contributed by atoms with E-state index in [9.17, 15) is 9.90 Å². The monoisotopic (exact) mass is 578 g/mol. The second kappa shape index (κ2) is 9.73. The van der Waals surface area contributed by atoms with Gasteiger partial charge in [0.1, 0.15) is 29.0 Å². The van der Waals surface area contributed by atoms with Crippen LogP contribution in [0.1, 0.15) is 53.0 Å². The predicted molar refractivity (Wildman–Crippen MR) is 155 cm³/mol. The van der Waals surface area contributed by atoms with Gasteiger partial charge in [-0.25, -0.2) is 19.2 Å². The molecule has 0 radical (unpaired) electrons. The van der Waals surface area contributed by atoms with Crippen LogP contribution in [-0.2, 0) is 4.74 Å². The van der Waals surface area contributed by atoms with E-state index in [0.29, 0.717) is 45.9 Å². The summed E-state index contributed by atoms with van der Waals surface area (Å²) in [7, 11) is 1.53. The zero-order valence-corrected chi connectivity index (χ0v) is 24.5. The van der Waals surface area contributed by atoms with Crippen LogP contribution < -0.4 is 20.3 Å². The fraction of sp³-hybridized carbons (Fsp3) is 0.483. The zero-order valence-electron chi connectivity index (χ0n) is 24.5. The average molecular weight is 579 g/mol. The SMILES string of the molecule is CC(O)c1ncc(Oc2nc(N3CC4C(N)CC4(C)C3)c3c(n2)[nH]c2c(N(C)C(=O)OC(C)(C)C)cc(F)cc23)cn1. The van der Waals surface area contributed by atoms with Gasteiger partial charge in [-0.1, -0.05) is 6.92 Å². The minimum Gasteiger partial charge on any atom is -0.443 e. The van der Waals surface area contributed by atoms with Crippen LogP contribution >= 0.6 is 0 Å². The topological polar surface area (TPSA) is 156 Å². The van der Waals surface area contributed by atoms with Crippen molar-refractivity contribution in [3.05, 3.63) is 36.2 Å². The van der Waals surface area contributed by atoms with Crippen molar-refractivity contribution in [2.24, 2.45) is 17.1 Å². The molecule has 4 atom stereocenters. The maximum Gasteiger partial charge on any atom is 0.414 e. The first-order chi connectivity index (χ1) is 19.7. The number of aliphatic hydroxyl groups is 1. The summed E-state index contributed by atoms with van der Waals surface area (Å²) in [6.07, 6.45) is 2.34. The first-order valence-corrected chi connectivity index (χ1v) is 13.9. The molecular weight excluding hydrogens is 543 g/mol. The van der Waals surface area contributed by atoms with Gasteiger partial charge in [0.25, 0.3) is 0 Å². The van der Waals surface area contributed by atoms with Gasteiger partial charge in [0.2, 0.25) is 0 Å². The number of aromatic amines is 1. The van der Waals surface area contributed by atoms with Crippen molar-refractivity contribution in [2.45, 2.75) is 58.8 Å². The molecule has 1 saturated carbocycles. The molecule has 4 N–H and O–H groups in total. The van der Waals surface area contributed by atoms with E-state index in [1.807, 2.05) is 0 Å². The molecule has 6 rings (SSSR count). The van der Waals surface area contributed by atoms with Gasteiger partial charge in [0, 0.05) is 31.6 Å². The van der Waals surface area contributed by atoms with Gasteiger partial charge in [0.05, 0.1) is 29.0 Å². The molecule has 13 heteroatoms. The van der Waals surface area contributed by atoms with Gasteiger partial charge in [-0.3, -0.25) is 4.90 Å². The third-order valence-electron chi connectivity index (χ3n) is 8.11. The second-order valence-corrected chi connectivity index (χ2v) is 12.6. The molecule has 0 bridgehead atoms. The van der Waals surface area contributed by atoms with E-state index in [-0.39, 0.29) is 29.0 Å². The highest BCUT2D eigenvalue weighted by atomic mass is 19.1. The molecule has 4 aromatic rings. The first kappa shape index (κ1) is 28.0. The smallest absolute Gasteiger partial charge is 0.414 e.